The molecule has 0 unspecified atom stereocenters. The average molecular weight is 224 g/mol. The van der Waals surface area contributed by atoms with Gasteiger partial charge in [0.1, 0.15) is 5.75 Å². The number of methoxy groups -OCH3 is 1. The van der Waals surface area contributed by atoms with Gasteiger partial charge in [-0.15, -0.1) is 0 Å². The van der Waals surface area contributed by atoms with Crippen molar-refractivity contribution in [3.63, 3.8) is 0 Å². The normalized spacial score (nSPS) is 9.88. The predicted octanol–water partition coefficient (Wildman–Crippen LogP) is 0.705. The van der Waals surface area contributed by atoms with Crippen LogP contribution in [0.1, 0.15) is 16.8 Å². The lowest BCUT2D eigenvalue weighted by molar-refractivity contribution is 0.0941. The van der Waals surface area contributed by atoms with E-state index in [1.54, 1.807) is 31.4 Å². The van der Waals surface area contributed by atoms with E-state index in [1.807, 2.05) is 0 Å². The summed E-state index contributed by atoms with van der Waals surface area (Å²) in [6.45, 7) is 0.964. The van der Waals surface area contributed by atoms with Crippen LogP contribution < -0.4 is 16.0 Å². The van der Waals surface area contributed by atoms with Crippen LogP contribution >= 0.6 is 0 Å². The first-order chi connectivity index (χ1) is 7.77. The van der Waals surface area contributed by atoms with Crippen LogP contribution in [0.15, 0.2) is 24.3 Å². The van der Waals surface area contributed by atoms with E-state index in [1.165, 1.54) is 0 Å². The smallest absolute Gasteiger partial charge is 0.251 e. The highest BCUT2D eigenvalue weighted by atomic mass is 16.6. The molecule has 0 aliphatic heterocycles. The quantitative estimate of drug-likeness (QED) is 0.551. The molecule has 0 bridgehead atoms. The van der Waals surface area contributed by atoms with Gasteiger partial charge >= 0.3 is 0 Å². The van der Waals surface area contributed by atoms with E-state index in [4.69, 9.17) is 10.6 Å². The van der Waals surface area contributed by atoms with Gasteiger partial charge in [-0.3, -0.25) is 4.79 Å². The van der Waals surface area contributed by atoms with Crippen LogP contribution in [0.5, 0.6) is 5.75 Å². The van der Waals surface area contributed by atoms with Crippen LogP contribution in [-0.4, -0.2) is 26.2 Å². The monoisotopic (exact) mass is 224 g/mol. The van der Waals surface area contributed by atoms with E-state index in [2.05, 4.69) is 10.2 Å². The second-order valence-corrected chi connectivity index (χ2v) is 3.21. The van der Waals surface area contributed by atoms with Crippen molar-refractivity contribution in [1.82, 2.24) is 5.32 Å². The molecule has 3 N–H and O–H groups in total. The van der Waals surface area contributed by atoms with Crippen LogP contribution in [-0.2, 0) is 4.84 Å². The van der Waals surface area contributed by atoms with Crippen molar-refractivity contribution < 1.29 is 14.4 Å². The summed E-state index contributed by atoms with van der Waals surface area (Å²) in [4.78, 5) is 16.0. The first-order valence-corrected chi connectivity index (χ1v) is 5.02. The maximum absolute atomic E-state index is 11.6. The van der Waals surface area contributed by atoms with Gasteiger partial charge in [0.15, 0.2) is 0 Å². The van der Waals surface area contributed by atoms with Crippen LogP contribution in [0.2, 0.25) is 0 Å². The van der Waals surface area contributed by atoms with Crippen molar-refractivity contribution in [3.05, 3.63) is 29.8 Å². The molecule has 0 heterocycles. The highest BCUT2D eigenvalue weighted by Gasteiger charge is 2.05. The molecule has 0 atom stereocenters. The molecule has 1 aromatic rings. The Morgan fingerprint density at radius 1 is 1.50 bits per heavy atom. The molecule has 16 heavy (non-hydrogen) atoms. The predicted molar refractivity (Wildman–Crippen MR) is 60.1 cm³/mol. The van der Waals surface area contributed by atoms with Gasteiger partial charge in [0.05, 0.1) is 13.7 Å². The number of nitrogens with one attached hydrogen (secondary N) is 1. The van der Waals surface area contributed by atoms with Crippen LogP contribution in [0.25, 0.3) is 0 Å². The van der Waals surface area contributed by atoms with E-state index in [-0.39, 0.29) is 5.91 Å². The van der Waals surface area contributed by atoms with E-state index in [9.17, 15) is 4.79 Å². The third-order valence-corrected chi connectivity index (χ3v) is 2.06. The van der Waals surface area contributed by atoms with E-state index >= 15 is 0 Å². The van der Waals surface area contributed by atoms with Gasteiger partial charge in [-0.1, -0.05) is 6.07 Å². The van der Waals surface area contributed by atoms with Crippen molar-refractivity contribution >= 4 is 5.91 Å². The van der Waals surface area contributed by atoms with E-state index in [0.29, 0.717) is 30.9 Å². The SMILES string of the molecule is COc1cccc(C(=O)NCCCON)c1. The zero-order valence-electron chi connectivity index (χ0n) is 9.23. The fourth-order valence-corrected chi connectivity index (χ4v) is 1.22. The van der Waals surface area contributed by atoms with Gasteiger partial charge in [0.25, 0.3) is 5.91 Å². The molecular weight excluding hydrogens is 208 g/mol. The molecule has 0 saturated heterocycles. The lowest BCUT2D eigenvalue weighted by atomic mass is 10.2. The Morgan fingerprint density at radius 3 is 3.00 bits per heavy atom. The fraction of sp³-hybridized carbons (Fsp3) is 0.364. The maximum Gasteiger partial charge on any atom is 0.251 e. The molecule has 0 aromatic heterocycles. The summed E-state index contributed by atoms with van der Waals surface area (Å²) < 4.78 is 5.03. The first kappa shape index (κ1) is 12.5. The number of hydrogen-bond donors (Lipinski definition) is 2. The van der Waals surface area contributed by atoms with Crippen molar-refractivity contribution in [2.45, 2.75) is 6.42 Å². The number of benzene rings is 1. The molecule has 5 nitrogen and oxygen atoms in total. The molecule has 0 spiro atoms. The Hall–Kier alpha value is -1.59. The van der Waals surface area contributed by atoms with Crippen molar-refractivity contribution in [2.75, 3.05) is 20.3 Å². The van der Waals surface area contributed by atoms with E-state index < -0.39 is 0 Å². The zero-order chi connectivity index (χ0) is 11.8. The second kappa shape index (κ2) is 6.81. The van der Waals surface area contributed by atoms with Crippen LogP contribution in [0.3, 0.4) is 0 Å². The summed E-state index contributed by atoms with van der Waals surface area (Å²) in [5, 5.41) is 2.76. The number of ether oxygens (including phenoxy) is 1. The minimum absolute atomic E-state index is 0.129. The average Bonchev–Trinajstić information content (AvgIpc) is 2.34. The standard InChI is InChI=1S/C11H16N2O3/c1-15-10-5-2-4-9(8-10)11(14)13-6-3-7-16-12/h2,4-5,8H,3,6-7,12H2,1H3,(H,13,14). The Balaban J connectivity index is 2.46. The van der Waals surface area contributed by atoms with Crippen LogP contribution in [0, 0.1) is 0 Å². The lowest BCUT2D eigenvalue weighted by Gasteiger charge is -2.06. The number of amides is 1. The molecule has 88 valence electrons. The second-order valence-electron chi connectivity index (χ2n) is 3.21. The summed E-state index contributed by atoms with van der Waals surface area (Å²) >= 11 is 0. The molecule has 5 heteroatoms. The number of rotatable bonds is 6. The molecule has 0 aliphatic carbocycles. The maximum atomic E-state index is 11.6. The third-order valence-electron chi connectivity index (χ3n) is 2.06. The summed E-state index contributed by atoms with van der Waals surface area (Å²) in [7, 11) is 1.57. The summed E-state index contributed by atoms with van der Waals surface area (Å²) in [5.74, 6) is 5.40. The summed E-state index contributed by atoms with van der Waals surface area (Å²) in [6, 6.07) is 6.99. The number of carbonyl (C=O) groups is 1. The topological polar surface area (TPSA) is 73.6 Å². The molecule has 0 radical (unpaired) electrons. The van der Waals surface area contributed by atoms with E-state index in [0.717, 1.165) is 0 Å². The minimum Gasteiger partial charge on any atom is -0.497 e. The molecule has 1 amide bonds. The van der Waals surface area contributed by atoms with Crippen molar-refractivity contribution in [2.24, 2.45) is 5.90 Å². The Kier molecular flexibility index (Phi) is 5.31. The highest BCUT2D eigenvalue weighted by Crippen LogP contribution is 2.12. The summed E-state index contributed by atoms with van der Waals surface area (Å²) in [5.41, 5.74) is 0.577. The highest BCUT2D eigenvalue weighted by molar-refractivity contribution is 5.94. The first-order valence-electron chi connectivity index (χ1n) is 5.02. The molecule has 1 aromatic carbocycles. The van der Waals surface area contributed by atoms with Gasteiger partial charge in [-0.2, -0.15) is 0 Å². The molecule has 0 aliphatic rings. The van der Waals surface area contributed by atoms with Gasteiger partial charge in [0.2, 0.25) is 0 Å². The lowest BCUT2D eigenvalue weighted by Crippen LogP contribution is -2.25. The zero-order valence-corrected chi connectivity index (χ0v) is 9.23. The van der Waals surface area contributed by atoms with Gasteiger partial charge in [-0.05, 0) is 24.6 Å². The third kappa shape index (κ3) is 3.88. The largest absolute Gasteiger partial charge is 0.497 e. The molecule has 0 saturated carbocycles. The molecule has 0 fully saturated rings. The Labute approximate surface area is 94.5 Å². The number of nitrogens with two attached hydrogens (primary N) is 1. The van der Waals surface area contributed by atoms with Gasteiger partial charge in [0, 0.05) is 12.1 Å². The molecular formula is C11H16N2O3. The van der Waals surface area contributed by atoms with Crippen molar-refractivity contribution in [1.29, 1.82) is 0 Å². The minimum atomic E-state index is -0.129. The van der Waals surface area contributed by atoms with Gasteiger partial charge < -0.3 is 14.9 Å². The fourth-order valence-electron chi connectivity index (χ4n) is 1.22. The number of hydrogen-bond acceptors (Lipinski definition) is 4. The van der Waals surface area contributed by atoms with Gasteiger partial charge in [-0.25, -0.2) is 5.90 Å². The number of carbonyl (C=O) groups excluding carboxylic acids is 1. The van der Waals surface area contributed by atoms with Crippen LogP contribution in [0.4, 0.5) is 0 Å². The summed E-state index contributed by atoms with van der Waals surface area (Å²) in [6.07, 6.45) is 0.687. The Bertz CT molecular complexity index is 342. The Morgan fingerprint density at radius 2 is 2.31 bits per heavy atom. The molecule has 1 rings (SSSR count). The van der Waals surface area contributed by atoms with Crippen molar-refractivity contribution in [3.8, 4) is 5.75 Å².